The molecule has 0 spiro atoms. The molecule has 18 heavy (non-hydrogen) atoms. The lowest BCUT2D eigenvalue weighted by molar-refractivity contribution is 0.0829. The van der Waals surface area contributed by atoms with Gasteiger partial charge in [-0.1, -0.05) is 25.4 Å². The quantitative estimate of drug-likeness (QED) is 0.806. The molecule has 4 heteroatoms. The van der Waals surface area contributed by atoms with Gasteiger partial charge in [0.15, 0.2) is 5.78 Å². The molecule has 3 nitrogen and oxygen atoms in total. The van der Waals surface area contributed by atoms with Gasteiger partial charge in [-0.05, 0) is 38.1 Å². The van der Waals surface area contributed by atoms with Gasteiger partial charge in [-0.2, -0.15) is 0 Å². The van der Waals surface area contributed by atoms with Crippen LogP contribution in [0.15, 0.2) is 18.2 Å². The molecule has 0 unspecified atom stereocenters. The lowest BCUT2D eigenvalue weighted by Crippen LogP contribution is -2.27. The van der Waals surface area contributed by atoms with Gasteiger partial charge in [-0.15, -0.1) is 0 Å². The van der Waals surface area contributed by atoms with Crippen LogP contribution in [0.25, 0.3) is 0 Å². The van der Waals surface area contributed by atoms with E-state index in [4.69, 9.17) is 22.1 Å². The van der Waals surface area contributed by atoms with Crippen LogP contribution in [-0.4, -0.2) is 18.9 Å². The third-order valence-electron chi connectivity index (χ3n) is 2.88. The second-order valence-electron chi connectivity index (χ2n) is 4.83. The number of nitrogens with two attached hydrogens (primary N) is 1. The van der Waals surface area contributed by atoms with E-state index in [0.717, 1.165) is 0 Å². The molecular weight excluding hydrogens is 250 g/mol. The number of halogens is 1. The van der Waals surface area contributed by atoms with E-state index in [0.29, 0.717) is 35.9 Å². The Morgan fingerprint density at radius 3 is 2.61 bits per heavy atom. The van der Waals surface area contributed by atoms with Crippen LogP contribution in [0.1, 0.15) is 37.6 Å². The highest BCUT2D eigenvalue weighted by Gasteiger charge is 2.28. The molecule has 0 aliphatic heterocycles. The number of Topliss-reactive ketones (excluding diaryl/α,β-unsaturated/α-hetero) is 1. The van der Waals surface area contributed by atoms with E-state index in [1.165, 1.54) is 0 Å². The van der Waals surface area contributed by atoms with Gasteiger partial charge in [0.25, 0.3) is 0 Å². The number of ether oxygens (including phenoxy) is 1. The lowest BCUT2D eigenvalue weighted by atomic mass is 9.81. The Bertz CT molecular complexity index is 430. The van der Waals surface area contributed by atoms with Gasteiger partial charge in [0.05, 0.1) is 11.6 Å². The minimum absolute atomic E-state index is 0.0536. The predicted octanol–water partition coefficient (Wildman–Crippen LogP) is 3.30. The normalized spacial score (nSPS) is 11.4. The van der Waals surface area contributed by atoms with E-state index >= 15 is 0 Å². The number of rotatable bonds is 6. The molecular formula is C14H20ClNO2. The third kappa shape index (κ3) is 3.47. The highest BCUT2D eigenvalue weighted by molar-refractivity contribution is 6.32. The van der Waals surface area contributed by atoms with Gasteiger partial charge >= 0.3 is 0 Å². The van der Waals surface area contributed by atoms with Crippen molar-refractivity contribution in [3.05, 3.63) is 28.8 Å². The fourth-order valence-corrected chi connectivity index (χ4v) is 2.01. The maximum Gasteiger partial charge on any atom is 0.168 e. The average molecular weight is 270 g/mol. The number of benzene rings is 1. The zero-order valence-electron chi connectivity index (χ0n) is 11.1. The molecule has 0 saturated carbocycles. The maximum absolute atomic E-state index is 12.3. The van der Waals surface area contributed by atoms with Crippen molar-refractivity contribution in [2.45, 2.75) is 27.2 Å². The summed E-state index contributed by atoms with van der Waals surface area (Å²) in [5.41, 5.74) is 5.66. The fraction of sp³-hybridized carbons (Fsp3) is 0.500. The summed E-state index contributed by atoms with van der Waals surface area (Å²) < 4.78 is 5.34. The summed E-state index contributed by atoms with van der Waals surface area (Å²) in [4.78, 5) is 12.3. The number of ketones is 1. The summed E-state index contributed by atoms with van der Waals surface area (Å²) in [6.07, 6.45) is 0.649. The Morgan fingerprint density at radius 2 is 2.11 bits per heavy atom. The van der Waals surface area contributed by atoms with Crippen LogP contribution in [0.4, 0.5) is 0 Å². The molecule has 0 aliphatic carbocycles. The van der Waals surface area contributed by atoms with E-state index in [-0.39, 0.29) is 5.78 Å². The summed E-state index contributed by atoms with van der Waals surface area (Å²) in [7, 11) is 0. The molecule has 0 fully saturated rings. The molecule has 0 heterocycles. The molecule has 0 aliphatic rings. The first kappa shape index (κ1) is 15.0. The van der Waals surface area contributed by atoms with Crippen LogP contribution in [0.5, 0.6) is 5.75 Å². The van der Waals surface area contributed by atoms with Crippen LogP contribution in [0.3, 0.4) is 0 Å². The SMILES string of the molecule is CCOc1ccc(C(=O)C(C)(C)CCN)cc1Cl. The van der Waals surface area contributed by atoms with Gasteiger partial charge in [0, 0.05) is 11.0 Å². The molecule has 0 atom stereocenters. The van der Waals surface area contributed by atoms with Crippen LogP contribution >= 0.6 is 11.6 Å². The Labute approximate surface area is 113 Å². The van der Waals surface area contributed by atoms with Crippen molar-refractivity contribution in [3.8, 4) is 5.75 Å². The highest BCUT2D eigenvalue weighted by Crippen LogP contribution is 2.30. The summed E-state index contributed by atoms with van der Waals surface area (Å²) in [5, 5.41) is 0.464. The number of hydrogen-bond donors (Lipinski definition) is 1. The number of carbonyl (C=O) groups is 1. The van der Waals surface area contributed by atoms with E-state index < -0.39 is 5.41 Å². The van der Waals surface area contributed by atoms with E-state index in [2.05, 4.69) is 0 Å². The summed E-state index contributed by atoms with van der Waals surface area (Å²) in [6, 6.07) is 5.14. The first-order valence-electron chi connectivity index (χ1n) is 6.09. The van der Waals surface area contributed by atoms with E-state index in [1.54, 1.807) is 18.2 Å². The Morgan fingerprint density at radius 1 is 1.44 bits per heavy atom. The maximum atomic E-state index is 12.3. The first-order valence-corrected chi connectivity index (χ1v) is 6.47. The van der Waals surface area contributed by atoms with Crippen molar-refractivity contribution in [3.63, 3.8) is 0 Å². The molecule has 2 N–H and O–H groups in total. The van der Waals surface area contributed by atoms with Crippen LogP contribution < -0.4 is 10.5 Å². The molecule has 1 aromatic rings. The van der Waals surface area contributed by atoms with E-state index in [9.17, 15) is 4.79 Å². The summed E-state index contributed by atoms with van der Waals surface area (Å²) in [5.74, 6) is 0.658. The van der Waals surface area contributed by atoms with Gasteiger partial charge < -0.3 is 10.5 Å². The molecule has 0 aromatic heterocycles. The van der Waals surface area contributed by atoms with Crippen molar-refractivity contribution in [2.24, 2.45) is 11.1 Å². The predicted molar refractivity (Wildman–Crippen MR) is 74.4 cm³/mol. The standard InChI is InChI=1S/C14H20ClNO2/c1-4-18-12-6-5-10(9-11(12)15)13(17)14(2,3)7-8-16/h5-6,9H,4,7-8,16H2,1-3H3. The molecule has 0 radical (unpaired) electrons. The molecule has 0 bridgehead atoms. The van der Waals surface area contributed by atoms with Gasteiger partial charge in [-0.25, -0.2) is 0 Å². The zero-order valence-corrected chi connectivity index (χ0v) is 11.9. The van der Waals surface area contributed by atoms with Gasteiger partial charge in [-0.3, -0.25) is 4.79 Å². The molecule has 1 aromatic carbocycles. The minimum Gasteiger partial charge on any atom is -0.492 e. The third-order valence-corrected chi connectivity index (χ3v) is 3.17. The number of hydrogen-bond acceptors (Lipinski definition) is 3. The topological polar surface area (TPSA) is 52.3 Å². The second kappa shape index (κ2) is 6.21. The van der Waals surface area contributed by atoms with Gasteiger partial charge in [0.2, 0.25) is 0 Å². The smallest absolute Gasteiger partial charge is 0.168 e. The fourth-order valence-electron chi connectivity index (χ4n) is 1.78. The minimum atomic E-state index is -0.467. The molecule has 0 amide bonds. The van der Waals surface area contributed by atoms with Crippen molar-refractivity contribution in [1.82, 2.24) is 0 Å². The Kier molecular flexibility index (Phi) is 5.17. The molecule has 1 rings (SSSR count). The summed E-state index contributed by atoms with van der Waals surface area (Å²) >= 11 is 6.08. The zero-order chi connectivity index (χ0) is 13.8. The Hall–Kier alpha value is -1.06. The van der Waals surface area contributed by atoms with Gasteiger partial charge in [0.1, 0.15) is 5.75 Å². The first-order chi connectivity index (χ1) is 8.42. The lowest BCUT2D eigenvalue weighted by Gasteiger charge is -2.22. The van der Waals surface area contributed by atoms with Crippen molar-refractivity contribution >= 4 is 17.4 Å². The molecule has 0 saturated heterocycles. The number of carbonyl (C=O) groups excluding carboxylic acids is 1. The highest BCUT2D eigenvalue weighted by atomic mass is 35.5. The summed E-state index contributed by atoms with van der Waals surface area (Å²) in [6.45, 7) is 6.72. The van der Waals surface area contributed by atoms with Crippen molar-refractivity contribution < 1.29 is 9.53 Å². The van der Waals surface area contributed by atoms with Crippen LogP contribution in [0.2, 0.25) is 5.02 Å². The van der Waals surface area contributed by atoms with Crippen molar-refractivity contribution in [1.29, 1.82) is 0 Å². The second-order valence-corrected chi connectivity index (χ2v) is 5.24. The van der Waals surface area contributed by atoms with Crippen LogP contribution in [0, 0.1) is 5.41 Å². The van der Waals surface area contributed by atoms with E-state index in [1.807, 2.05) is 20.8 Å². The monoisotopic (exact) mass is 269 g/mol. The largest absolute Gasteiger partial charge is 0.492 e. The molecule has 100 valence electrons. The van der Waals surface area contributed by atoms with Crippen molar-refractivity contribution in [2.75, 3.05) is 13.2 Å². The Balaban J connectivity index is 2.97. The van der Waals surface area contributed by atoms with Crippen LogP contribution in [-0.2, 0) is 0 Å². The average Bonchev–Trinajstić information content (AvgIpc) is 2.31.